The number of likely N-dealkylation sites (N-methyl/N-ethyl adjacent to an activating group) is 1. The lowest BCUT2D eigenvalue weighted by Crippen LogP contribution is -2.32. The van der Waals surface area contributed by atoms with Crippen molar-refractivity contribution >= 4 is 17.8 Å². The van der Waals surface area contributed by atoms with E-state index < -0.39 is 35.0 Å². The molecule has 0 bridgehead atoms. The molecule has 17 heteroatoms. The zero-order valence-corrected chi connectivity index (χ0v) is 34.6. The summed E-state index contributed by atoms with van der Waals surface area (Å²) in [5, 5.41) is 31.8. The quantitative estimate of drug-likeness (QED) is 0.0243. The molecule has 17 nitrogen and oxygen atoms in total. The predicted molar refractivity (Wildman–Crippen MR) is 215 cm³/mol. The van der Waals surface area contributed by atoms with E-state index >= 15 is 0 Å². The number of rotatable bonds is 30. The van der Waals surface area contributed by atoms with E-state index in [9.17, 15) is 29.8 Å². The molecule has 0 aliphatic heterocycles. The second-order valence-electron chi connectivity index (χ2n) is 13.8. The minimum atomic E-state index is -1.77. The maximum absolute atomic E-state index is 12.3. The molecular weight excluding hydrogens is 756 g/mol. The van der Waals surface area contributed by atoms with Crippen molar-refractivity contribution in [3.63, 3.8) is 0 Å². The van der Waals surface area contributed by atoms with Crippen LogP contribution in [-0.4, -0.2) is 99.6 Å². The van der Waals surface area contributed by atoms with E-state index in [1.807, 2.05) is 24.1 Å². The van der Waals surface area contributed by atoms with Gasteiger partial charge in [0, 0.05) is 18.7 Å². The van der Waals surface area contributed by atoms with Crippen molar-refractivity contribution in [1.29, 1.82) is 5.26 Å². The fraction of sp³-hybridized carbons (Fsp3) is 0.610. The number of carboxylic acids is 1. The summed E-state index contributed by atoms with van der Waals surface area (Å²) >= 11 is 0. The number of carbonyl (C=O) groups is 3. The second-order valence-corrected chi connectivity index (χ2v) is 13.8. The number of ether oxygens (including phenoxy) is 5. The standard InChI is InChI=1S/C41H60N4O12.H2O/c1-6-7-8-9-10-11-12-13-14-15-21-41(30-42,31-27-35(52-3)38(54-5)36(28-31)53-4)22-17-24-44(2)25-20-32-33(18-16-19-34(32)57-40(49)39(47)48)55-29-37(46)43-23-26-56-45(50)51;/h16,18-19,27-28H,6-15,17,20-26,29H2,1-5H3,(H,43,46)(H,47,48);1H2. The number of carbonyl (C=O) groups excluding carboxylic acids is 2. The van der Waals surface area contributed by atoms with Gasteiger partial charge < -0.3 is 49.3 Å². The number of esters is 1. The third kappa shape index (κ3) is 17.4. The van der Waals surface area contributed by atoms with E-state index in [1.165, 1.54) is 57.1 Å². The predicted octanol–water partition coefficient (Wildman–Crippen LogP) is 5.61. The lowest BCUT2D eigenvalue weighted by Gasteiger charge is -2.30. The van der Waals surface area contributed by atoms with E-state index in [1.54, 1.807) is 27.4 Å². The highest BCUT2D eigenvalue weighted by Crippen LogP contribution is 2.44. The first-order chi connectivity index (χ1) is 27.4. The lowest BCUT2D eigenvalue weighted by molar-refractivity contribution is -0.757. The number of carboxylic acid groups (broad SMARTS) is 1. The molecule has 2 aromatic rings. The number of nitriles is 1. The number of amides is 1. The first-order valence-corrected chi connectivity index (χ1v) is 19.6. The number of unbranched alkanes of at least 4 members (excludes halogenated alkanes) is 9. The second kappa shape index (κ2) is 28.1. The summed E-state index contributed by atoms with van der Waals surface area (Å²) in [6.45, 7) is 2.31. The maximum atomic E-state index is 12.3. The van der Waals surface area contributed by atoms with Crippen molar-refractivity contribution in [3.05, 3.63) is 51.6 Å². The van der Waals surface area contributed by atoms with Crippen LogP contribution in [0, 0.1) is 21.4 Å². The molecule has 1 atom stereocenters. The molecule has 1 unspecified atom stereocenters. The number of nitrogens with zero attached hydrogens (tertiary/aromatic N) is 3. The van der Waals surface area contributed by atoms with Crippen molar-refractivity contribution in [3.8, 4) is 34.8 Å². The van der Waals surface area contributed by atoms with Gasteiger partial charge in [-0.05, 0) is 69.1 Å². The number of hydrogen-bond donors (Lipinski definition) is 2. The van der Waals surface area contributed by atoms with Crippen molar-refractivity contribution in [2.75, 3.05) is 61.2 Å². The monoisotopic (exact) mass is 818 g/mol. The molecule has 0 saturated carbocycles. The molecule has 2 aromatic carbocycles. The molecule has 0 saturated heterocycles. The first kappa shape index (κ1) is 50.7. The highest BCUT2D eigenvalue weighted by atomic mass is 16.9. The molecule has 2 rings (SSSR count). The Morgan fingerprint density at radius 3 is 2.02 bits per heavy atom. The van der Waals surface area contributed by atoms with Crippen LogP contribution < -0.4 is 29.0 Å². The molecule has 324 valence electrons. The van der Waals surface area contributed by atoms with E-state index in [0.29, 0.717) is 55.2 Å². The van der Waals surface area contributed by atoms with Crippen molar-refractivity contribution in [2.24, 2.45) is 0 Å². The fourth-order valence-electron chi connectivity index (χ4n) is 6.60. The number of nitrogens with one attached hydrogen (secondary N) is 1. The lowest BCUT2D eigenvalue weighted by atomic mass is 9.73. The summed E-state index contributed by atoms with van der Waals surface area (Å²) in [6.07, 6.45) is 13.9. The van der Waals surface area contributed by atoms with E-state index in [-0.39, 0.29) is 36.5 Å². The Morgan fingerprint density at radius 1 is 0.879 bits per heavy atom. The Kier molecular flexibility index (Phi) is 24.6. The van der Waals surface area contributed by atoms with Crippen molar-refractivity contribution < 1.29 is 58.6 Å². The molecule has 0 aromatic heterocycles. The average Bonchev–Trinajstić information content (AvgIpc) is 3.20. The summed E-state index contributed by atoms with van der Waals surface area (Å²) < 4.78 is 27.7. The van der Waals surface area contributed by atoms with E-state index in [2.05, 4.69) is 23.1 Å². The Balaban J connectivity index is 0.0000168. The van der Waals surface area contributed by atoms with Crippen LogP contribution in [0.5, 0.6) is 28.7 Å². The van der Waals surface area contributed by atoms with E-state index in [4.69, 9.17) is 28.8 Å². The Hall–Kier alpha value is -5.34. The van der Waals surface area contributed by atoms with E-state index in [0.717, 1.165) is 24.8 Å². The van der Waals surface area contributed by atoms with Gasteiger partial charge in [-0.1, -0.05) is 77.2 Å². The molecule has 0 fully saturated rings. The number of hydrogen-bond acceptors (Lipinski definition) is 13. The van der Waals surface area contributed by atoms with Gasteiger partial charge in [-0.15, -0.1) is 10.1 Å². The average molecular weight is 819 g/mol. The van der Waals surface area contributed by atoms with Crippen molar-refractivity contribution in [1.82, 2.24) is 10.2 Å². The first-order valence-electron chi connectivity index (χ1n) is 19.6. The number of methoxy groups -OCH3 is 3. The molecule has 0 spiro atoms. The molecule has 0 aliphatic rings. The van der Waals surface area contributed by atoms with Gasteiger partial charge in [0.2, 0.25) is 5.75 Å². The number of aliphatic carboxylic acids is 1. The highest BCUT2D eigenvalue weighted by Gasteiger charge is 2.34. The summed E-state index contributed by atoms with van der Waals surface area (Å²) in [5.41, 5.74) is 0.333. The van der Waals surface area contributed by atoms with Gasteiger partial charge in [0.05, 0.1) is 32.8 Å². The van der Waals surface area contributed by atoms with Crippen LogP contribution in [0.3, 0.4) is 0 Å². The molecule has 4 N–H and O–H groups in total. The SMILES string of the molecule is CCCCCCCCCCCCC(C#N)(CCCN(C)CCc1c(OCC(=O)NCCO[N+](=O)[O-])cccc1OC(=O)C(=O)O)c1cc(OC)c(OC)c(OC)c1.O. The minimum Gasteiger partial charge on any atom is -0.493 e. The molecule has 0 aliphatic carbocycles. The smallest absolute Gasteiger partial charge is 0.422 e. The maximum Gasteiger partial charge on any atom is 0.422 e. The molecule has 0 heterocycles. The van der Waals surface area contributed by atoms with Gasteiger partial charge in [-0.25, -0.2) is 9.59 Å². The van der Waals surface area contributed by atoms with Crippen LogP contribution in [-0.2, 0) is 31.1 Å². The fourth-order valence-corrected chi connectivity index (χ4v) is 6.60. The molecule has 58 heavy (non-hydrogen) atoms. The third-order valence-corrected chi connectivity index (χ3v) is 9.72. The Bertz CT molecular complexity index is 1590. The van der Waals surface area contributed by atoms with Crippen LogP contribution in [0.2, 0.25) is 0 Å². The third-order valence-electron chi connectivity index (χ3n) is 9.72. The summed E-state index contributed by atoms with van der Waals surface area (Å²) in [6, 6.07) is 10.9. The summed E-state index contributed by atoms with van der Waals surface area (Å²) in [5.74, 6) is -2.26. The Morgan fingerprint density at radius 2 is 1.47 bits per heavy atom. The van der Waals surface area contributed by atoms with Crippen LogP contribution in [0.4, 0.5) is 0 Å². The highest BCUT2D eigenvalue weighted by molar-refractivity contribution is 6.29. The minimum absolute atomic E-state index is 0. The van der Waals surface area contributed by atoms with Gasteiger partial charge >= 0.3 is 11.9 Å². The van der Waals surface area contributed by atoms with Crippen LogP contribution in [0.1, 0.15) is 102 Å². The number of benzene rings is 2. The molecular formula is C41H62N4O13. The van der Waals surface area contributed by atoms with Gasteiger partial charge in [0.15, 0.2) is 18.1 Å². The molecule has 0 radical (unpaired) electrons. The Labute approximate surface area is 341 Å². The van der Waals surface area contributed by atoms with Gasteiger partial charge in [0.1, 0.15) is 18.1 Å². The zero-order valence-electron chi connectivity index (χ0n) is 34.6. The topological polar surface area (TPSA) is 241 Å². The summed E-state index contributed by atoms with van der Waals surface area (Å²) in [7, 11) is 6.55. The van der Waals surface area contributed by atoms with Crippen LogP contribution in [0.25, 0.3) is 0 Å². The normalized spacial score (nSPS) is 11.7. The van der Waals surface area contributed by atoms with Crippen molar-refractivity contribution in [2.45, 2.75) is 102 Å². The summed E-state index contributed by atoms with van der Waals surface area (Å²) in [4.78, 5) is 52.2. The largest absolute Gasteiger partial charge is 0.493 e. The molecule has 1 amide bonds. The van der Waals surface area contributed by atoms with Crippen LogP contribution in [0.15, 0.2) is 30.3 Å². The zero-order chi connectivity index (χ0) is 42.1. The van der Waals surface area contributed by atoms with Crippen LogP contribution >= 0.6 is 0 Å². The van der Waals surface area contributed by atoms with Gasteiger partial charge in [0.25, 0.3) is 11.0 Å². The van der Waals surface area contributed by atoms with Gasteiger partial charge in [-0.3, -0.25) is 4.79 Å². The van der Waals surface area contributed by atoms with Gasteiger partial charge in [-0.2, -0.15) is 5.26 Å².